The van der Waals surface area contributed by atoms with Gasteiger partial charge >= 0.3 is 11.7 Å². The lowest BCUT2D eigenvalue weighted by atomic mass is 10.2. The first-order valence-corrected chi connectivity index (χ1v) is 8.53. The first-order valence-electron chi connectivity index (χ1n) is 7.27. The number of carbonyl (C=O) groups excluding carboxylic acids is 1. The maximum atomic E-state index is 13.3. The fourth-order valence-electron chi connectivity index (χ4n) is 2.14. The van der Waals surface area contributed by atoms with Crippen LogP contribution in [0, 0.1) is 15.9 Å². The zero-order chi connectivity index (χ0) is 18.7. The molecule has 0 saturated heterocycles. The molecule has 9 heteroatoms. The summed E-state index contributed by atoms with van der Waals surface area (Å²) in [5, 5.41) is 13.9. The lowest BCUT2D eigenvalue weighted by molar-refractivity contribution is -0.385. The number of hydrogen-bond acceptors (Lipinski definition) is 6. The van der Waals surface area contributed by atoms with Gasteiger partial charge in [0.2, 0.25) is 5.75 Å². The molecule has 0 spiro atoms. The third kappa shape index (κ3) is 4.22. The van der Waals surface area contributed by atoms with Crippen LogP contribution in [-0.4, -0.2) is 15.9 Å². The quantitative estimate of drug-likeness (QED) is 0.273. The second-order valence-electron chi connectivity index (χ2n) is 5.17. The molecule has 0 atom stereocenters. The lowest BCUT2D eigenvalue weighted by Gasteiger charge is -2.04. The molecule has 0 fully saturated rings. The highest BCUT2D eigenvalue weighted by atomic mass is 35.5. The van der Waals surface area contributed by atoms with E-state index in [1.54, 1.807) is 29.6 Å². The average molecular weight is 393 g/mol. The molecule has 6 nitrogen and oxygen atoms in total. The zero-order valence-corrected chi connectivity index (χ0v) is 14.6. The summed E-state index contributed by atoms with van der Waals surface area (Å²) < 4.78 is 18.2. The molecule has 0 bridgehead atoms. The summed E-state index contributed by atoms with van der Waals surface area (Å²) in [5.74, 6) is -1.95. The van der Waals surface area contributed by atoms with Crippen LogP contribution in [0.2, 0.25) is 5.02 Å². The molecule has 0 N–H and O–H groups in total. The van der Waals surface area contributed by atoms with Crippen molar-refractivity contribution in [3.8, 4) is 16.3 Å². The van der Waals surface area contributed by atoms with E-state index in [1.807, 2.05) is 0 Å². The molecule has 2 aromatic carbocycles. The van der Waals surface area contributed by atoms with Gasteiger partial charge in [-0.05, 0) is 18.2 Å². The van der Waals surface area contributed by atoms with Crippen LogP contribution in [0.15, 0.2) is 47.8 Å². The Morgan fingerprint density at radius 2 is 2.00 bits per heavy atom. The number of thiazole rings is 1. The molecule has 0 aliphatic carbocycles. The van der Waals surface area contributed by atoms with Crippen LogP contribution in [0.25, 0.3) is 10.6 Å². The Balaban J connectivity index is 1.72. The van der Waals surface area contributed by atoms with Crippen molar-refractivity contribution >= 4 is 34.6 Å². The molecule has 1 aromatic heterocycles. The standard InChI is InChI=1S/C17H10ClFN2O4S/c18-11-3-1-10(2-4-11)17-20-13(9-26-17)8-16(22)25-15-7-12(19)5-6-14(15)21(23)24/h1-7,9H,8H2. The number of hydrogen-bond donors (Lipinski definition) is 0. The van der Waals surface area contributed by atoms with Gasteiger partial charge in [-0.1, -0.05) is 23.7 Å². The molecule has 132 valence electrons. The Labute approximate surface area is 156 Å². The summed E-state index contributed by atoms with van der Waals surface area (Å²) in [6, 6.07) is 9.74. The molecular formula is C17H10ClFN2O4S. The molecule has 0 aliphatic rings. The van der Waals surface area contributed by atoms with Crippen LogP contribution in [0.1, 0.15) is 5.69 Å². The van der Waals surface area contributed by atoms with Crippen LogP contribution in [0.4, 0.5) is 10.1 Å². The maximum Gasteiger partial charge on any atom is 0.317 e. The van der Waals surface area contributed by atoms with E-state index in [-0.39, 0.29) is 6.42 Å². The molecule has 0 unspecified atom stereocenters. The van der Waals surface area contributed by atoms with Gasteiger partial charge in [0.15, 0.2) is 0 Å². The van der Waals surface area contributed by atoms with Crippen molar-refractivity contribution in [2.45, 2.75) is 6.42 Å². The number of carbonyl (C=O) groups is 1. The van der Waals surface area contributed by atoms with Crippen molar-refractivity contribution in [2.75, 3.05) is 0 Å². The van der Waals surface area contributed by atoms with Crippen LogP contribution in [0.3, 0.4) is 0 Å². The molecule has 3 aromatic rings. The van der Waals surface area contributed by atoms with E-state index in [4.69, 9.17) is 16.3 Å². The van der Waals surface area contributed by atoms with Crippen LogP contribution in [0.5, 0.6) is 5.75 Å². The molecule has 1 heterocycles. The molecule has 0 saturated carbocycles. The number of halogens is 2. The van der Waals surface area contributed by atoms with Gasteiger partial charge in [0.05, 0.1) is 17.0 Å². The van der Waals surface area contributed by atoms with Crippen molar-refractivity contribution in [1.29, 1.82) is 0 Å². The number of rotatable bonds is 5. The predicted octanol–water partition coefficient (Wildman–Crippen LogP) is 4.66. The van der Waals surface area contributed by atoms with E-state index in [0.717, 1.165) is 23.8 Å². The Morgan fingerprint density at radius 1 is 1.27 bits per heavy atom. The monoisotopic (exact) mass is 392 g/mol. The topological polar surface area (TPSA) is 82.3 Å². The summed E-state index contributed by atoms with van der Waals surface area (Å²) in [6.45, 7) is 0. The Bertz CT molecular complexity index is 975. The number of nitrogens with zero attached hydrogens (tertiary/aromatic N) is 2. The molecule has 26 heavy (non-hydrogen) atoms. The van der Waals surface area contributed by atoms with Gasteiger partial charge < -0.3 is 4.74 Å². The molecule has 0 radical (unpaired) electrons. The lowest BCUT2D eigenvalue weighted by Crippen LogP contribution is -2.12. The normalized spacial score (nSPS) is 10.5. The summed E-state index contributed by atoms with van der Waals surface area (Å²) in [7, 11) is 0. The Hall–Kier alpha value is -2.84. The first kappa shape index (κ1) is 18.0. The number of aromatic nitrogens is 1. The number of nitro groups is 1. The van der Waals surface area contributed by atoms with Gasteiger partial charge in [0.25, 0.3) is 0 Å². The minimum Gasteiger partial charge on any atom is -0.419 e. The summed E-state index contributed by atoms with van der Waals surface area (Å²) >= 11 is 7.18. The first-order chi connectivity index (χ1) is 12.4. The van der Waals surface area contributed by atoms with Gasteiger partial charge in [0, 0.05) is 28.1 Å². The van der Waals surface area contributed by atoms with Crippen molar-refractivity contribution in [1.82, 2.24) is 4.98 Å². The van der Waals surface area contributed by atoms with Crippen LogP contribution in [-0.2, 0) is 11.2 Å². The number of benzene rings is 2. The van der Waals surface area contributed by atoms with Crippen LogP contribution < -0.4 is 4.74 Å². The predicted molar refractivity (Wildman–Crippen MR) is 95.0 cm³/mol. The largest absolute Gasteiger partial charge is 0.419 e. The molecule has 0 aliphatic heterocycles. The Kier molecular flexibility index (Phi) is 5.24. The zero-order valence-electron chi connectivity index (χ0n) is 13.0. The van der Waals surface area contributed by atoms with Gasteiger partial charge in [-0.3, -0.25) is 14.9 Å². The SMILES string of the molecule is O=C(Cc1csc(-c2ccc(Cl)cc2)n1)Oc1cc(F)ccc1[N+](=O)[O-]. The summed E-state index contributed by atoms with van der Waals surface area (Å²) in [6.07, 6.45) is -0.197. The maximum absolute atomic E-state index is 13.3. The van der Waals surface area contributed by atoms with Crippen molar-refractivity contribution < 1.29 is 18.8 Å². The third-order valence-corrected chi connectivity index (χ3v) is 4.50. The van der Waals surface area contributed by atoms with Crippen molar-refractivity contribution in [3.05, 3.63) is 74.5 Å². The second kappa shape index (κ2) is 7.59. The van der Waals surface area contributed by atoms with E-state index in [0.29, 0.717) is 15.7 Å². The average Bonchev–Trinajstić information content (AvgIpc) is 3.03. The van der Waals surface area contributed by atoms with E-state index in [1.165, 1.54) is 11.3 Å². The van der Waals surface area contributed by atoms with Gasteiger partial charge in [-0.2, -0.15) is 0 Å². The van der Waals surface area contributed by atoms with E-state index >= 15 is 0 Å². The number of ether oxygens (including phenoxy) is 1. The van der Waals surface area contributed by atoms with Crippen molar-refractivity contribution in [3.63, 3.8) is 0 Å². The second-order valence-corrected chi connectivity index (χ2v) is 6.47. The van der Waals surface area contributed by atoms with Gasteiger partial charge in [-0.15, -0.1) is 11.3 Å². The highest BCUT2D eigenvalue weighted by Gasteiger charge is 2.20. The molecule has 3 rings (SSSR count). The highest BCUT2D eigenvalue weighted by molar-refractivity contribution is 7.13. The van der Waals surface area contributed by atoms with E-state index in [2.05, 4.69) is 4.98 Å². The van der Waals surface area contributed by atoms with Gasteiger partial charge in [-0.25, -0.2) is 9.37 Å². The van der Waals surface area contributed by atoms with Crippen molar-refractivity contribution in [2.24, 2.45) is 0 Å². The minimum absolute atomic E-state index is 0.197. The fraction of sp³-hybridized carbons (Fsp3) is 0.0588. The molecule has 0 amide bonds. The van der Waals surface area contributed by atoms with Gasteiger partial charge in [0.1, 0.15) is 10.8 Å². The highest BCUT2D eigenvalue weighted by Crippen LogP contribution is 2.28. The summed E-state index contributed by atoms with van der Waals surface area (Å²) in [4.78, 5) is 26.6. The molecular weight excluding hydrogens is 383 g/mol. The van der Waals surface area contributed by atoms with E-state index < -0.39 is 28.1 Å². The van der Waals surface area contributed by atoms with E-state index in [9.17, 15) is 19.3 Å². The minimum atomic E-state index is -0.772. The van der Waals surface area contributed by atoms with Crippen LogP contribution >= 0.6 is 22.9 Å². The fourth-order valence-corrected chi connectivity index (χ4v) is 3.09. The summed E-state index contributed by atoms with van der Waals surface area (Å²) in [5.41, 5.74) is 0.809. The number of esters is 1. The smallest absolute Gasteiger partial charge is 0.317 e. The number of nitro benzene ring substituents is 1. The Morgan fingerprint density at radius 3 is 2.69 bits per heavy atom. The third-order valence-electron chi connectivity index (χ3n) is 3.31.